The first kappa shape index (κ1) is 13.0. The number of rotatable bonds is 3. The normalized spacial score (nSPS) is 14.4. The molecule has 0 saturated heterocycles. The number of carbonyl (C=O) groups excluding carboxylic acids is 2. The quantitative estimate of drug-likeness (QED) is 0.452. The van der Waals surface area contributed by atoms with Crippen molar-refractivity contribution in [1.29, 1.82) is 0 Å². The fourth-order valence-corrected chi connectivity index (χ4v) is 0.258. The van der Waals surface area contributed by atoms with E-state index in [0.717, 1.165) is 0 Å². The third-order valence-electron chi connectivity index (χ3n) is 0.782. The Hall–Kier alpha value is -0.621. The van der Waals surface area contributed by atoms with Crippen LogP contribution in [0.15, 0.2) is 0 Å². The molecule has 0 heterocycles. The average Bonchev–Trinajstić information content (AvgIpc) is 1.84. The molecule has 0 bridgehead atoms. The van der Waals surface area contributed by atoms with Crippen molar-refractivity contribution in [3.8, 4) is 0 Å². The van der Waals surface area contributed by atoms with Crippen molar-refractivity contribution in [3.63, 3.8) is 0 Å². The first-order valence-electron chi connectivity index (χ1n) is 2.24. The van der Waals surface area contributed by atoms with Crippen LogP contribution in [-0.4, -0.2) is 34.4 Å². The molecule has 2 N–H and O–H groups in total. The number of carboxylic acids is 2. The number of hydrogen-bond acceptors (Lipinski definition) is 6. The van der Waals surface area contributed by atoms with Gasteiger partial charge in [0.15, 0.2) is 0 Å². The number of aliphatic carboxylic acids is 2. The molecule has 7 heteroatoms. The van der Waals surface area contributed by atoms with Gasteiger partial charge in [-0.2, -0.15) is 0 Å². The van der Waals surface area contributed by atoms with Crippen LogP contribution >= 0.6 is 0 Å². The monoisotopic (exact) mass is 211 g/mol. The van der Waals surface area contributed by atoms with E-state index in [4.69, 9.17) is 10.2 Å². The summed E-state index contributed by atoms with van der Waals surface area (Å²) in [6.45, 7) is 0. The molecule has 2 unspecified atom stereocenters. The molecule has 0 spiro atoms. The summed E-state index contributed by atoms with van der Waals surface area (Å²) in [5.74, 6) is -4.12. The maximum Gasteiger partial charge on any atom is 0.124 e. The Labute approximate surface area is 71.9 Å². The minimum Gasteiger partial charge on any atom is -0.547 e. The molecule has 0 aliphatic heterocycles. The zero-order valence-corrected chi connectivity index (χ0v) is 5.93. The first-order valence-corrected chi connectivity index (χ1v) is 2.24. The number of aliphatic hydroxyl groups excluding tert-OH is 2. The number of carbonyl (C=O) groups is 2. The summed E-state index contributed by atoms with van der Waals surface area (Å²) in [4.78, 5) is 19.3. The van der Waals surface area contributed by atoms with Crippen LogP contribution in [0.4, 0.5) is 0 Å². The molecule has 0 aromatic heterocycles. The molecule has 0 aromatic carbocycles. The Balaban J connectivity index is 0. The van der Waals surface area contributed by atoms with Crippen LogP contribution in [0.2, 0.25) is 0 Å². The van der Waals surface area contributed by atoms with E-state index in [2.05, 4.69) is 0 Å². The largest absolute Gasteiger partial charge is 0.547 e. The molecule has 6 nitrogen and oxygen atoms in total. The van der Waals surface area contributed by atoms with E-state index in [0.29, 0.717) is 0 Å². The molecule has 1 radical (unpaired) electrons. The fourth-order valence-electron chi connectivity index (χ4n) is 0.258. The summed E-state index contributed by atoms with van der Waals surface area (Å²) in [5.41, 5.74) is 0. The standard InChI is InChI=1S/C4H6O6.Cu/c5-1(3(7)8)2(6)4(9)10;/h1-2,5-6H,(H,7,8)(H,9,10);/p-2. The second-order valence-corrected chi connectivity index (χ2v) is 1.53. The van der Waals surface area contributed by atoms with E-state index in [1.165, 1.54) is 0 Å². The van der Waals surface area contributed by atoms with Gasteiger partial charge in [-0.1, -0.05) is 0 Å². The molecule has 11 heavy (non-hydrogen) atoms. The molecule has 0 rings (SSSR count). The molecule has 0 aliphatic carbocycles. The van der Waals surface area contributed by atoms with Gasteiger partial charge in [-0.15, -0.1) is 0 Å². The van der Waals surface area contributed by atoms with E-state index in [9.17, 15) is 19.8 Å². The molecule has 69 valence electrons. The molecule has 2 atom stereocenters. The Kier molecular flexibility index (Phi) is 6.01. The second kappa shape index (κ2) is 5.09. The van der Waals surface area contributed by atoms with E-state index in [-0.39, 0.29) is 17.1 Å². The molecular weight excluding hydrogens is 208 g/mol. The minimum absolute atomic E-state index is 0. The number of hydrogen-bond donors (Lipinski definition) is 2. The van der Waals surface area contributed by atoms with Crippen LogP contribution in [0.3, 0.4) is 0 Å². The smallest absolute Gasteiger partial charge is 0.124 e. The summed E-state index contributed by atoms with van der Waals surface area (Å²) in [6, 6.07) is 0. The van der Waals surface area contributed by atoms with Gasteiger partial charge in [0.2, 0.25) is 0 Å². The molecule has 0 fully saturated rings. The SMILES string of the molecule is O=C([O-])C(O)C(O)C(=O)[O-].[Cu]. The number of aliphatic hydroxyl groups is 2. The van der Waals surface area contributed by atoms with Gasteiger partial charge in [0.05, 0.1) is 11.9 Å². The van der Waals surface area contributed by atoms with Gasteiger partial charge in [-0.05, 0) is 0 Å². The van der Waals surface area contributed by atoms with Crippen molar-refractivity contribution in [1.82, 2.24) is 0 Å². The Morgan fingerprint density at radius 3 is 1.27 bits per heavy atom. The summed E-state index contributed by atoms with van der Waals surface area (Å²) >= 11 is 0. The van der Waals surface area contributed by atoms with E-state index in [1.54, 1.807) is 0 Å². The molecular formula is C4H4CuO6-2. The fraction of sp³-hybridized carbons (Fsp3) is 0.500. The van der Waals surface area contributed by atoms with E-state index in [1.807, 2.05) is 0 Å². The van der Waals surface area contributed by atoms with Crippen molar-refractivity contribution in [2.75, 3.05) is 0 Å². The molecule has 0 saturated carbocycles. The average molecular weight is 212 g/mol. The second-order valence-electron chi connectivity index (χ2n) is 1.53. The van der Waals surface area contributed by atoms with Gasteiger partial charge in [0, 0.05) is 17.1 Å². The predicted molar refractivity (Wildman–Crippen MR) is 22.0 cm³/mol. The van der Waals surface area contributed by atoms with Gasteiger partial charge >= 0.3 is 0 Å². The van der Waals surface area contributed by atoms with Crippen LogP contribution in [0, 0.1) is 0 Å². The van der Waals surface area contributed by atoms with Crippen LogP contribution in [0.5, 0.6) is 0 Å². The number of carboxylic acid groups (broad SMARTS) is 2. The van der Waals surface area contributed by atoms with Crippen LogP contribution in [0.25, 0.3) is 0 Å². The molecule has 0 aliphatic rings. The molecule has 0 amide bonds. The third-order valence-corrected chi connectivity index (χ3v) is 0.782. The minimum atomic E-state index is -2.44. The van der Waals surface area contributed by atoms with E-state index >= 15 is 0 Å². The first-order chi connectivity index (χ1) is 4.46. The summed E-state index contributed by atoms with van der Waals surface area (Å²) in [5, 5.41) is 35.7. The third kappa shape index (κ3) is 3.94. The van der Waals surface area contributed by atoms with E-state index < -0.39 is 24.1 Å². The molecule has 0 aromatic rings. The maximum atomic E-state index is 9.63. The van der Waals surface area contributed by atoms with Crippen molar-refractivity contribution < 1.29 is 47.1 Å². The summed E-state index contributed by atoms with van der Waals surface area (Å²) in [6.07, 6.45) is -4.88. The van der Waals surface area contributed by atoms with Gasteiger partial charge in [0.1, 0.15) is 12.2 Å². The van der Waals surface area contributed by atoms with Crippen molar-refractivity contribution in [3.05, 3.63) is 0 Å². The Bertz CT molecular complexity index is 139. The van der Waals surface area contributed by atoms with Gasteiger partial charge in [0.25, 0.3) is 0 Å². The van der Waals surface area contributed by atoms with Gasteiger partial charge in [-0.25, -0.2) is 0 Å². The Morgan fingerprint density at radius 1 is 1.00 bits per heavy atom. The summed E-state index contributed by atoms with van der Waals surface area (Å²) < 4.78 is 0. The predicted octanol–water partition coefficient (Wildman–Crippen LogP) is -4.79. The summed E-state index contributed by atoms with van der Waals surface area (Å²) in [7, 11) is 0. The van der Waals surface area contributed by atoms with Crippen LogP contribution in [-0.2, 0) is 26.7 Å². The zero-order chi connectivity index (χ0) is 8.31. The van der Waals surface area contributed by atoms with Gasteiger partial charge in [-0.3, -0.25) is 0 Å². The van der Waals surface area contributed by atoms with Crippen LogP contribution < -0.4 is 10.2 Å². The maximum absolute atomic E-state index is 9.63. The van der Waals surface area contributed by atoms with Crippen LogP contribution in [0.1, 0.15) is 0 Å². The Morgan fingerprint density at radius 2 is 1.18 bits per heavy atom. The van der Waals surface area contributed by atoms with Crippen molar-refractivity contribution in [2.45, 2.75) is 12.2 Å². The topological polar surface area (TPSA) is 121 Å². The van der Waals surface area contributed by atoms with Crippen molar-refractivity contribution in [2.24, 2.45) is 0 Å². The zero-order valence-electron chi connectivity index (χ0n) is 4.98. The van der Waals surface area contributed by atoms with Gasteiger partial charge < -0.3 is 30.0 Å². The van der Waals surface area contributed by atoms with Crippen molar-refractivity contribution >= 4 is 11.9 Å².